The molecule has 2 N–H and O–H groups in total. The summed E-state index contributed by atoms with van der Waals surface area (Å²) in [6, 6.07) is 10.6. The van der Waals surface area contributed by atoms with Crippen LogP contribution in [0.15, 0.2) is 30.3 Å². The van der Waals surface area contributed by atoms with Crippen LogP contribution in [0.3, 0.4) is 0 Å². The largest absolute Gasteiger partial charge is 0.396 e. The molecule has 0 saturated carbocycles. The van der Waals surface area contributed by atoms with E-state index in [1.807, 2.05) is 0 Å². The van der Waals surface area contributed by atoms with Crippen molar-refractivity contribution in [3.63, 3.8) is 0 Å². The normalized spacial score (nSPS) is 12.7. The number of benzene rings is 1. The van der Waals surface area contributed by atoms with Gasteiger partial charge in [-0.3, -0.25) is 0 Å². The summed E-state index contributed by atoms with van der Waals surface area (Å²) in [4.78, 5) is 0. The van der Waals surface area contributed by atoms with Gasteiger partial charge < -0.3 is 10.4 Å². The molecular weight excluding hydrogens is 222 g/mol. The summed E-state index contributed by atoms with van der Waals surface area (Å²) in [5.41, 5.74) is 1.65. The first kappa shape index (κ1) is 15.2. The van der Waals surface area contributed by atoms with Crippen molar-refractivity contribution in [3.05, 3.63) is 35.9 Å². The summed E-state index contributed by atoms with van der Waals surface area (Å²) in [6.45, 7) is 11.0. The van der Waals surface area contributed by atoms with Gasteiger partial charge in [0.25, 0.3) is 0 Å². The topological polar surface area (TPSA) is 32.3 Å². The first-order valence-electron chi connectivity index (χ1n) is 6.74. The summed E-state index contributed by atoms with van der Waals surface area (Å²) in [7, 11) is 0. The second-order valence-corrected chi connectivity index (χ2v) is 6.49. The van der Waals surface area contributed by atoms with Crippen LogP contribution in [0.2, 0.25) is 0 Å². The summed E-state index contributed by atoms with van der Waals surface area (Å²) < 4.78 is 0. The molecule has 2 nitrogen and oxygen atoms in total. The highest BCUT2D eigenvalue weighted by Crippen LogP contribution is 2.23. The molecule has 0 radical (unpaired) electrons. The molecule has 0 atom stereocenters. The molecule has 0 bridgehead atoms. The van der Waals surface area contributed by atoms with Gasteiger partial charge in [0.05, 0.1) is 0 Å². The Morgan fingerprint density at radius 3 is 2.17 bits per heavy atom. The van der Waals surface area contributed by atoms with Gasteiger partial charge in [-0.05, 0) is 17.4 Å². The maximum absolute atomic E-state index is 9.01. The molecule has 0 fully saturated rings. The number of hydrogen-bond donors (Lipinski definition) is 2. The first-order chi connectivity index (χ1) is 8.37. The number of nitrogens with one attached hydrogen (secondary N) is 1. The quantitative estimate of drug-likeness (QED) is 0.778. The smallest absolute Gasteiger partial charge is 0.0436 e. The zero-order chi connectivity index (χ0) is 13.6. The van der Waals surface area contributed by atoms with E-state index in [0.29, 0.717) is 0 Å². The molecule has 0 aromatic heterocycles. The van der Waals surface area contributed by atoms with Gasteiger partial charge >= 0.3 is 0 Å². The molecule has 0 spiro atoms. The summed E-state index contributed by atoms with van der Waals surface area (Å²) in [5.74, 6) is 0. The van der Waals surface area contributed by atoms with Crippen LogP contribution in [0.4, 0.5) is 0 Å². The van der Waals surface area contributed by atoms with Crippen molar-refractivity contribution in [2.45, 2.75) is 39.5 Å². The van der Waals surface area contributed by atoms with Gasteiger partial charge in [-0.1, -0.05) is 58.0 Å². The van der Waals surface area contributed by atoms with Crippen molar-refractivity contribution in [1.82, 2.24) is 5.32 Å². The Balaban J connectivity index is 2.48. The van der Waals surface area contributed by atoms with Crippen molar-refractivity contribution in [1.29, 1.82) is 0 Å². The predicted molar refractivity (Wildman–Crippen MR) is 77.8 cm³/mol. The van der Waals surface area contributed by atoms with E-state index < -0.39 is 0 Å². The molecule has 0 heterocycles. The summed E-state index contributed by atoms with van der Waals surface area (Å²) in [5, 5.41) is 12.5. The van der Waals surface area contributed by atoms with E-state index in [9.17, 15) is 0 Å². The van der Waals surface area contributed by atoms with E-state index in [1.165, 1.54) is 5.56 Å². The van der Waals surface area contributed by atoms with Crippen LogP contribution >= 0.6 is 0 Å². The monoisotopic (exact) mass is 249 g/mol. The lowest BCUT2D eigenvalue weighted by Crippen LogP contribution is -2.38. The minimum Gasteiger partial charge on any atom is -0.396 e. The third-order valence-corrected chi connectivity index (χ3v) is 3.51. The minimum absolute atomic E-state index is 0.135. The number of hydrogen-bond acceptors (Lipinski definition) is 2. The van der Waals surface area contributed by atoms with Gasteiger partial charge in [0, 0.05) is 25.1 Å². The van der Waals surface area contributed by atoms with Crippen molar-refractivity contribution in [2.24, 2.45) is 5.41 Å². The molecule has 18 heavy (non-hydrogen) atoms. The highest BCUT2D eigenvalue weighted by atomic mass is 16.3. The summed E-state index contributed by atoms with van der Waals surface area (Å²) in [6.07, 6.45) is 0.839. The van der Waals surface area contributed by atoms with E-state index in [-0.39, 0.29) is 17.4 Å². The second kappa shape index (κ2) is 6.35. The lowest BCUT2D eigenvalue weighted by atomic mass is 9.83. The average molecular weight is 249 g/mol. The van der Waals surface area contributed by atoms with E-state index in [0.717, 1.165) is 19.5 Å². The van der Waals surface area contributed by atoms with Gasteiger partial charge in [0.2, 0.25) is 0 Å². The van der Waals surface area contributed by atoms with E-state index in [1.54, 1.807) is 0 Å². The fourth-order valence-electron chi connectivity index (χ4n) is 2.10. The van der Waals surface area contributed by atoms with E-state index in [2.05, 4.69) is 63.3 Å². The third-order valence-electron chi connectivity index (χ3n) is 3.51. The molecule has 1 rings (SSSR count). The molecule has 102 valence electrons. The van der Waals surface area contributed by atoms with Crippen LogP contribution in [-0.4, -0.2) is 24.8 Å². The van der Waals surface area contributed by atoms with Crippen molar-refractivity contribution in [3.8, 4) is 0 Å². The molecule has 0 saturated heterocycles. The average Bonchev–Trinajstić information content (AvgIpc) is 2.29. The molecule has 0 aliphatic heterocycles. The van der Waals surface area contributed by atoms with Crippen LogP contribution in [0.25, 0.3) is 0 Å². The fourth-order valence-corrected chi connectivity index (χ4v) is 2.10. The second-order valence-electron chi connectivity index (χ2n) is 6.49. The van der Waals surface area contributed by atoms with Gasteiger partial charge in [-0.2, -0.15) is 0 Å². The van der Waals surface area contributed by atoms with Gasteiger partial charge in [0.1, 0.15) is 0 Å². The molecule has 0 unspecified atom stereocenters. The molecule has 1 aromatic carbocycles. The predicted octanol–water partition coefficient (Wildman–Crippen LogP) is 2.96. The summed E-state index contributed by atoms with van der Waals surface area (Å²) >= 11 is 0. The first-order valence-corrected chi connectivity index (χ1v) is 6.74. The molecule has 0 aliphatic rings. The van der Waals surface area contributed by atoms with Gasteiger partial charge in [0.15, 0.2) is 0 Å². The fraction of sp³-hybridized carbons (Fsp3) is 0.625. The third kappa shape index (κ3) is 4.79. The van der Waals surface area contributed by atoms with Gasteiger partial charge in [-0.15, -0.1) is 0 Å². The Hall–Kier alpha value is -0.860. The van der Waals surface area contributed by atoms with Crippen LogP contribution in [-0.2, 0) is 5.41 Å². The Morgan fingerprint density at radius 2 is 1.61 bits per heavy atom. The van der Waals surface area contributed by atoms with Crippen molar-refractivity contribution < 1.29 is 5.11 Å². The number of aliphatic hydroxyl groups excluding tert-OH is 1. The maximum Gasteiger partial charge on any atom is 0.0436 e. The lowest BCUT2D eigenvalue weighted by molar-refractivity contribution is 0.205. The molecule has 0 aliphatic carbocycles. The van der Waals surface area contributed by atoms with E-state index >= 15 is 0 Å². The standard InChI is InChI=1S/C16H27NO/c1-15(2,10-11-18)12-17-13-16(3,4)14-8-6-5-7-9-14/h5-9,17-18H,10-13H2,1-4H3. The SMILES string of the molecule is CC(C)(CCO)CNCC(C)(C)c1ccccc1. The van der Waals surface area contributed by atoms with Crippen molar-refractivity contribution >= 4 is 0 Å². The molecule has 0 amide bonds. The molecule has 2 heteroatoms. The van der Waals surface area contributed by atoms with E-state index in [4.69, 9.17) is 5.11 Å². The Kier molecular flexibility index (Phi) is 5.36. The van der Waals surface area contributed by atoms with Crippen LogP contribution in [0.1, 0.15) is 39.7 Å². The highest BCUT2D eigenvalue weighted by Gasteiger charge is 2.22. The van der Waals surface area contributed by atoms with Crippen LogP contribution < -0.4 is 5.32 Å². The minimum atomic E-state index is 0.135. The highest BCUT2D eigenvalue weighted by molar-refractivity contribution is 5.23. The Morgan fingerprint density at radius 1 is 1.00 bits per heavy atom. The zero-order valence-electron chi connectivity index (χ0n) is 12.2. The Labute approximate surface area is 111 Å². The van der Waals surface area contributed by atoms with Crippen LogP contribution in [0.5, 0.6) is 0 Å². The molecular formula is C16H27NO. The Bertz CT molecular complexity index is 343. The maximum atomic E-state index is 9.01. The lowest BCUT2D eigenvalue weighted by Gasteiger charge is -2.30. The van der Waals surface area contributed by atoms with Crippen LogP contribution in [0, 0.1) is 5.41 Å². The number of rotatable bonds is 7. The van der Waals surface area contributed by atoms with Gasteiger partial charge in [-0.25, -0.2) is 0 Å². The number of aliphatic hydroxyl groups is 1. The zero-order valence-corrected chi connectivity index (χ0v) is 12.2. The molecule has 1 aromatic rings. The van der Waals surface area contributed by atoms with Crippen molar-refractivity contribution in [2.75, 3.05) is 19.7 Å².